The molecule has 0 aliphatic heterocycles. The summed E-state index contributed by atoms with van der Waals surface area (Å²) in [5.41, 5.74) is 1.94. The predicted molar refractivity (Wildman–Crippen MR) is 84.6 cm³/mol. The van der Waals surface area contributed by atoms with E-state index in [0.717, 1.165) is 11.4 Å². The van der Waals surface area contributed by atoms with Crippen LogP contribution in [0.4, 0.5) is 0 Å². The molecule has 0 spiro atoms. The van der Waals surface area contributed by atoms with Gasteiger partial charge in [0.1, 0.15) is 0 Å². The fraction of sp³-hybridized carbons (Fsp3) is 0.688. The first-order valence-corrected chi connectivity index (χ1v) is 7.73. The van der Waals surface area contributed by atoms with Crippen LogP contribution in [-0.4, -0.2) is 33.3 Å². The van der Waals surface area contributed by atoms with Crippen LogP contribution >= 0.6 is 0 Å². The number of hydrogen-bond donors (Lipinski definition) is 2. The Morgan fingerprint density at radius 3 is 2.41 bits per heavy atom. The summed E-state index contributed by atoms with van der Waals surface area (Å²) in [5, 5.41) is 16.3. The zero-order chi connectivity index (χ0) is 16.9. The number of carbonyl (C=O) groups is 2. The third kappa shape index (κ3) is 5.50. The molecule has 1 aromatic rings. The Balaban J connectivity index is 2.51. The molecule has 124 valence electrons. The summed E-state index contributed by atoms with van der Waals surface area (Å²) in [6.07, 6.45) is 0.846. The predicted octanol–water partition coefficient (Wildman–Crippen LogP) is 2.31. The summed E-state index contributed by atoms with van der Waals surface area (Å²) in [5.74, 6) is -1.25. The lowest BCUT2D eigenvalue weighted by atomic mass is 9.97. The molecule has 2 unspecified atom stereocenters. The normalized spacial score (nSPS) is 13.9. The molecule has 6 heteroatoms. The quantitative estimate of drug-likeness (QED) is 0.772. The molecule has 2 N–H and O–H groups in total. The number of aromatic nitrogens is 2. The highest BCUT2D eigenvalue weighted by Gasteiger charge is 2.20. The molecular formula is C16H27N3O3. The van der Waals surface area contributed by atoms with Gasteiger partial charge in [-0.15, -0.1) is 0 Å². The minimum Gasteiger partial charge on any atom is -0.481 e. The lowest BCUT2D eigenvalue weighted by molar-refractivity contribution is -0.142. The van der Waals surface area contributed by atoms with Gasteiger partial charge in [0.15, 0.2) is 0 Å². The van der Waals surface area contributed by atoms with Crippen molar-refractivity contribution in [3.8, 4) is 0 Å². The third-order valence-electron chi connectivity index (χ3n) is 3.59. The monoisotopic (exact) mass is 309 g/mol. The number of nitrogens with one attached hydrogen (secondary N) is 1. The maximum Gasteiger partial charge on any atom is 0.308 e. The molecule has 1 heterocycles. The fourth-order valence-electron chi connectivity index (χ4n) is 2.60. The van der Waals surface area contributed by atoms with Crippen LogP contribution in [0.5, 0.6) is 0 Å². The number of carboxylic acids is 1. The molecule has 1 rings (SSSR count). The van der Waals surface area contributed by atoms with Crippen molar-refractivity contribution >= 4 is 11.9 Å². The van der Waals surface area contributed by atoms with Crippen molar-refractivity contribution in [1.82, 2.24) is 15.1 Å². The second-order valence-electron chi connectivity index (χ2n) is 6.39. The van der Waals surface area contributed by atoms with Crippen LogP contribution in [0.15, 0.2) is 6.07 Å². The largest absolute Gasteiger partial charge is 0.481 e. The molecule has 0 aliphatic carbocycles. The van der Waals surface area contributed by atoms with Crippen LogP contribution in [0.2, 0.25) is 0 Å². The average molecular weight is 309 g/mol. The van der Waals surface area contributed by atoms with E-state index in [4.69, 9.17) is 5.11 Å². The lowest BCUT2D eigenvalue weighted by Crippen LogP contribution is -2.34. The van der Waals surface area contributed by atoms with E-state index in [-0.39, 0.29) is 30.8 Å². The highest BCUT2D eigenvalue weighted by Crippen LogP contribution is 2.15. The van der Waals surface area contributed by atoms with Gasteiger partial charge in [0.05, 0.1) is 17.7 Å². The molecule has 1 amide bonds. The van der Waals surface area contributed by atoms with E-state index in [2.05, 4.69) is 10.4 Å². The fourth-order valence-corrected chi connectivity index (χ4v) is 2.60. The van der Waals surface area contributed by atoms with Crippen molar-refractivity contribution in [3.63, 3.8) is 0 Å². The molecule has 22 heavy (non-hydrogen) atoms. The topological polar surface area (TPSA) is 84.2 Å². The van der Waals surface area contributed by atoms with Gasteiger partial charge in [0, 0.05) is 18.7 Å². The smallest absolute Gasteiger partial charge is 0.308 e. The first kappa shape index (κ1) is 18.2. The number of carbonyl (C=O) groups excluding carboxylic acids is 1. The van der Waals surface area contributed by atoms with Gasteiger partial charge in [-0.1, -0.05) is 13.8 Å². The molecule has 1 aromatic heterocycles. The van der Waals surface area contributed by atoms with Crippen LogP contribution in [-0.2, 0) is 9.59 Å². The first-order valence-electron chi connectivity index (χ1n) is 7.73. The highest BCUT2D eigenvalue weighted by atomic mass is 16.4. The van der Waals surface area contributed by atoms with Gasteiger partial charge in [-0.05, 0) is 39.2 Å². The number of amides is 1. The highest BCUT2D eigenvalue weighted by molar-refractivity contribution is 5.77. The summed E-state index contributed by atoms with van der Waals surface area (Å²) in [7, 11) is 0. The second-order valence-corrected chi connectivity index (χ2v) is 6.39. The van der Waals surface area contributed by atoms with Gasteiger partial charge >= 0.3 is 5.97 Å². The minimum atomic E-state index is -0.861. The third-order valence-corrected chi connectivity index (χ3v) is 3.59. The van der Waals surface area contributed by atoms with Crippen LogP contribution < -0.4 is 5.32 Å². The molecule has 6 nitrogen and oxygen atoms in total. The summed E-state index contributed by atoms with van der Waals surface area (Å²) in [4.78, 5) is 23.2. The Morgan fingerprint density at radius 2 is 1.95 bits per heavy atom. The van der Waals surface area contributed by atoms with E-state index in [0.29, 0.717) is 6.42 Å². The Morgan fingerprint density at radius 1 is 1.32 bits per heavy atom. The number of rotatable bonds is 8. The Bertz CT molecular complexity index is 523. The van der Waals surface area contributed by atoms with E-state index < -0.39 is 11.9 Å². The van der Waals surface area contributed by atoms with E-state index >= 15 is 0 Å². The maximum atomic E-state index is 12.0. The second kappa shape index (κ2) is 7.96. The summed E-state index contributed by atoms with van der Waals surface area (Å²) in [6.45, 7) is 9.93. The van der Waals surface area contributed by atoms with Crippen LogP contribution in [0, 0.1) is 25.7 Å². The first-order chi connectivity index (χ1) is 10.2. The number of aliphatic carboxylic acids is 1. The van der Waals surface area contributed by atoms with Gasteiger partial charge in [0.2, 0.25) is 5.91 Å². The molecular weight excluding hydrogens is 282 g/mol. The SMILES string of the molecule is Cc1cc(C)n(C(C)CC(=O)NCC(CC(C)C)C(=O)O)n1. The van der Waals surface area contributed by atoms with Gasteiger partial charge in [0.25, 0.3) is 0 Å². The van der Waals surface area contributed by atoms with Gasteiger partial charge in [-0.25, -0.2) is 0 Å². The van der Waals surface area contributed by atoms with Crippen molar-refractivity contribution in [2.24, 2.45) is 11.8 Å². The lowest BCUT2D eigenvalue weighted by Gasteiger charge is -2.17. The number of aryl methyl sites for hydroxylation is 2. The van der Waals surface area contributed by atoms with E-state index in [1.54, 1.807) is 0 Å². The molecule has 0 radical (unpaired) electrons. The summed E-state index contributed by atoms with van der Waals surface area (Å²) < 4.78 is 1.83. The van der Waals surface area contributed by atoms with E-state index in [9.17, 15) is 9.59 Å². The van der Waals surface area contributed by atoms with Crippen LogP contribution in [0.1, 0.15) is 51.0 Å². The molecule has 0 bridgehead atoms. The number of hydrogen-bond acceptors (Lipinski definition) is 3. The van der Waals surface area contributed by atoms with E-state index in [1.165, 1.54) is 0 Å². The summed E-state index contributed by atoms with van der Waals surface area (Å²) >= 11 is 0. The molecule has 0 aromatic carbocycles. The molecule has 2 atom stereocenters. The Hall–Kier alpha value is -1.85. The number of carboxylic acid groups (broad SMARTS) is 1. The summed E-state index contributed by atoms with van der Waals surface area (Å²) in [6, 6.07) is 1.92. The average Bonchev–Trinajstić information content (AvgIpc) is 2.72. The van der Waals surface area contributed by atoms with E-state index in [1.807, 2.05) is 45.4 Å². The zero-order valence-corrected chi connectivity index (χ0v) is 14.1. The Labute approximate surface area is 131 Å². The van der Waals surface area contributed by atoms with Crippen molar-refractivity contribution < 1.29 is 14.7 Å². The van der Waals surface area contributed by atoms with Crippen molar-refractivity contribution in [1.29, 1.82) is 0 Å². The standard InChI is InChI=1S/C16H27N3O3/c1-10(2)6-14(16(21)22)9-17-15(20)8-13(5)19-12(4)7-11(3)18-19/h7,10,13-14H,6,8-9H2,1-5H3,(H,17,20)(H,21,22). The molecule has 0 fully saturated rings. The Kier molecular flexibility index (Phi) is 6.59. The van der Waals surface area contributed by atoms with Crippen LogP contribution in [0.3, 0.4) is 0 Å². The molecule has 0 saturated carbocycles. The number of nitrogens with zero attached hydrogens (tertiary/aromatic N) is 2. The van der Waals surface area contributed by atoms with Crippen molar-refractivity contribution in [2.75, 3.05) is 6.54 Å². The van der Waals surface area contributed by atoms with Gasteiger partial charge < -0.3 is 10.4 Å². The van der Waals surface area contributed by atoms with Gasteiger partial charge in [-0.2, -0.15) is 5.10 Å². The molecule has 0 saturated heterocycles. The van der Waals surface area contributed by atoms with Crippen molar-refractivity contribution in [2.45, 2.75) is 53.5 Å². The molecule has 0 aliphatic rings. The maximum absolute atomic E-state index is 12.0. The minimum absolute atomic E-state index is 0.0536. The van der Waals surface area contributed by atoms with Crippen LogP contribution in [0.25, 0.3) is 0 Å². The van der Waals surface area contributed by atoms with Crippen molar-refractivity contribution in [3.05, 3.63) is 17.5 Å². The van der Waals surface area contributed by atoms with Gasteiger partial charge in [-0.3, -0.25) is 14.3 Å². The zero-order valence-electron chi connectivity index (χ0n) is 14.1.